The van der Waals surface area contributed by atoms with Gasteiger partial charge in [0.15, 0.2) is 0 Å². The highest BCUT2D eigenvalue weighted by atomic mass is 127. The fourth-order valence-corrected chi connectivity index (χ4v) is 2.03. The molecule has 0 aliphatic rings. The summed E-state index contributed by atoms with van der Waals surface area (Å²) in [7, 11) is 0. The van der Waals surface area contributed by atoms with Crippen molar-refractivity contribution < 1.29 is 4.79 Å². The summed E-state index contributed by atoms with van der Waals surface area (Å²) in [6.45, 7) is 2.19. The Morgan fingerprint density at radius 2 is 1.89 bits per heavy atom. The Labute approximate surface area is 129 Å². The maximum absolute atomic E-state index is 11.5. The molecule has 104 valence electrons. The van der Waals surface area contributed by atoms with Crippen molar-refractivity contribution in [2.24, 2.45) is 5.10 Å². The van der Waals surface area contributed by atoms with Crippen LogP contribution in [-0.2, 0) is 4.79 Å². The third kappa shape index (κ3) is 7.97. The number of nitrogens with one attached hydrogen (secondary N) is 1. The van der Waals surface area contributed by atoms with Gasteiger partial charge in [0, 0.05) is 9.99 Å². The van der Waals surface area contributed by atoms with Gasteiger partial charge in [-0.1, -0.05) is 44.7 Å². The molecule has 1 amide bonds. The Balaban J connectivity index is 2.17. The van der Waals surface area contributed by atoms with Crippen LogP contribution in [0.25, 0.3) is 0 Å². The van der Waals surface area contributed by atoms with Crippen LogP contribution in [-0.4, -0.2) is 12.1 Å². The predicted molar refractivity (Wildman–Crippen MR) is 88.3 cm³/mol. The maximum Gasteiger partial charge on any atom is 0.240 e. The molecule has 0 radical (unpaired) electrons. The smallest absolute Gasteiger partial charge is 0.240 e. The molecule has 1 aromatic carbocycles. The molecule has 0 atom stereocenters. The number of hydrogen-bond donors (Lipinski definition) is 1. The van der Waals surface area contributed by atoms with E-state index in [1.165, 1.54) is 22.8 Å². The fourth-order valence-electron chi connectivity index (χ4n) is 1.67. The van der Waals surface area contributed by atoms with E-state index in [9.17, 15) is 4.79 Å². The Kier molecular flexibility index (Phi) is 8.45. The summed E-state index contributed by atoms with van der Waals surface area (Å²) in [6.07, 6.45) is 8.01. The van der Waals surface area contributed by atoms with Gasteiger partial charge in [-0.2, -0.15) is 5.10 Å². The zero-order valence-electron chi connectivity index (χ0n) is 11.4. The first-order chi connectivity index (χ1) is 9.22. The van der Waals surface area contributed by atoms with Crippen molar-refractivity contribution in [2.75, 3.05) is 0 Å². The molecule has 19 heavy (non-hydrogen) atoms. The number of hydrazone groups is 1. The second-order valence-corrected chi connectivity index (χ2v) is 5.75. The lowest BCUT2D eigenvalue weighted by atomic mass is 10.1. The lowest BCUT2D eigenvalue weighted by molar-refractivity contribution is -0.121. The van der Waals surface area contributed by atoms with E-state index in [-0.39, 0.29) is 5.91 Å². The van der Waals surface area contributed by atoms with Gasteiger partial charge in [0.1, 0.15) is 0 Å². The Morgan fingerprint density at radius 3 is 2.58 bits per heavy atom. The number of carbonyl (C=O) groups excluding carboxylic acids is 1. The summed E-state index contributed by atoms with van der Waals surface area (Å²) in [5, 5.41) is 3.96. The molecule has 0 aromatic heterocycles. The Morgan fingerprint density at radius 1 is 1.21 bits per heavy atom. The van der Waals surface area contributed by atoms with Gasteiger partial charge < -0.3 is 0 Å². The van der Waals surface area contributed by atoms with E-state index >= 15 is 0 Å². The summed E-state index contributed by atoms with van der Waals surface area (Å²) < 4.78 is 1.19. The molecule has 0 saturated carbocycles. The van der Waals surface area contributed by atoms with Gasteiger partial charge in [-0.15, -0.1) is 0 Å². The molecule has 0 unspecified atom stereocenters. The van der Waals surface area contributed by atoms with Crippen LogP contribution in [0.5, 0.6) is 0 Å². The lowest BCUT2D eigenvalue weighted by Gasteiger charge is -2.00. The molecule has 0 fully saturated rings. The number of unbranched alkanes of at least 4 members (excludes halogenated alkanes) is 4. The van der Waals surface area contributed by atoms with Gasteiger partial charge in [0.05, 0.1) is 6.21 Å². The summed E-state index contributed by atoms with van der Waals surface area (Å²) in [5.41, 5.74) is 3.55. The predicted octanol–water partition coefficient (Wildman–Crippen LogP) is 4.10. The highest BCUT2D eigenvalue weighted by molar-refractivity contribution is 14.1. The van der Waals surface area contributed by atoms with E-state index in [4.69, 9.17) is 0 Å². The molecule has 1 aromatic rings. The summed E-state index contributed by atoms with van der Waals surface area (Å²) in [4.78, 5) is 11.5. The van der Waals surface area contributed by atoms with E-state index in [0.717, 1.165) is 18.4 Å². The van der Waals surface area contributed by atoms with E-state index in [1.54, 1.807) is 6.21 Å². The highest BCUT2D eigenvalue weighted by Gasteiger charge is 1.98. The average Bonchev–Trinajstić information content (AvgIpc) is 2.41. The summed E-state index contributed by atoms with van der Waals surface area (Å²) in [5.74, 6) is -0.00161. The topological polar surface area (TPSA) is 41.5 Å². The van der Waals surface area contributed by atoms with Crippen LogP contribution in [0, 0.1) is 3.57 Å². The quantitative estimate of drug-likeness (QED) is 0.317. The first-order valence-corrected chi connectivity index (χ1v) is 7.87. The van der Waals surface area contributed by atoms with E-state index in [0.29, 0.717) is 6.42 Å². The monoisotopic (exact) mass is 372 g/mol. The van der Waals surface area contributed by atoms with Crippen LogP contribution in [0.15, 0.2) is 29.4 Å². The first-order valence-electron chi connectivity index (χ1n) is 6.80. The summed E-state index contributed by atoms with van der Waals surface area (Å²) >= 11 is 2.26. The van der Waals surface area contributed by atoms with Crippen LogP contribution in [0.4, 0.5) is 0 Å². The van der Waals surface area contributed by atoms with Crippen LogP contribution >= 0.6 is 22.6 Å². The minimum atomic E-state index is -0.00161. The standard InChI is InChI=1S/C15H21IN2O/c1-2-3-4-5-6-7-15(19)18-17-12-13-8-10-14(16)11-9-13/h8-12H,2-7H2,1H3,(H,18,19)/b17-12+. The second kappa shape index (κ2) is 9.95. The van der Waals surface area contributed by atoms with Crippen LogP contribution in [0.2, 0.25) is 0 Å². The van der Waals surface area contributed by atoms with Crippen molar-refractivity contribution in [3.05, 3.63) is 33.4 Å². The fraction of sp³-hybridized carbons (Fsp3) is 0.467. The second-order valence-electron chi connectivity index (χ2n) is 4.51. The first kappa shape index (κ1) is 16.1. The van der Waals surface area contributed by atoms with Crippen molar-refractivity contribution in [2.45, 2.75) is 45.4 Å². The molecule has 0 aliphatic carbocycles. The molecule has 3 nitrogen and oxygen atoms in total. The minimum Gasteiger partial charge on any atom is -0.273 e. The molecule has 1 rings (SSSR count). The van der Waals surface area contributed by atoms with Gasteiger partial charge in [0.2, 0.25) is 5.91 Å². The molecule has 1 N–H and O–H groups in total. The van der Waals surface area contributed by atoms with E-state index in [1.807, 2.05) is 24.3 Å². The molecule has 0 aliphatic heterocycles. The normalized spacial score (nSPS) is 10.8. The van der Waals surface area contributed by atoms with Gasteiger partial charge >= 0.3 is 0 Å². The van der Waals surface area contributed by atoms with Crippen molar-refractivity contribution in [1.82, 2.24) is 5.43 Å². The molecular formula is C15H21IN2O. The van der Waals surface area contributed by atoms with Gasteiger partial charge in [-0.3, -0.25) is 4.79 Å². The molecule has 0 spiro atoms. The van der Waals surface area contributed by atoms with Crippen LogP contribution < -0.4 is 5.43 Å². The molecule has 0 bridgehead atoms. The van der Waals surface area contributed by atoms with Crippen molar-refractivity contribution in [1.29, 1.82) is 0 Å². The largest absolute Gasteiger partial charge is 0.273 e. The van der Waals surface area contributed by atoms with Crippen molar-refractivity contribution in [3.63, 3.8) is 0 Å². The van der Waals surface area contributed by atoms with E-state index in [2.05, 4.69) is 40.0 Å². The van der Waals surface area contributed by atoms with Gasteiger partial charge in [-0.25, -0.2) is 5.43 Å². The number of hydrogen-bond acceptors (Lipinski definition) is 2. The number of amides is 1. The SMILES string of the molecule is CCCCCCCC(=O)N/N=C/c1ccc(I)cc1. The number of halogens is 1. The number of rotatable bonds is 8. The number of nitrogens with zero attached hydrogens (tertiary/aromatic N) is 1. The Bertz CT molecular complexity index is 401. The van der Waals surface area contributed by atoms with Gasteiger partial charge in [-0.05, 0) is 46.7 Å². The third-order valence-corrected chi connectivity index (χ3v) is 3.50. The zero-order valence-corrected chi connectivity index (χ0v) is 13.5. The van der Waals surface area contributed by atoms with Crippen molar-refractivity contribution >= 4 is 34.7 Å². The molecule has 0 heterocycles. The molecule has 4 heteroatoms. The van der Waals surface area contributed by atoms with Crippen LogP contribution in [0.1, 0.15) is 51.0 Å². The number of benzene rings is 1. The van der Waals surface area contributed by atoms with Crippen molar-refractivity contribution in [3.8, 4) is 0 Å². The maximum atomic E-state index is 11.5. The lowest BCUT2D eigenvalue weighted by Crippen LogP contribution is -2.16. The molecule has 0 saturated heterocycles. The van der Waals surface area contributed by atoms with E-state index < -0.39 is 0 Å². The van der Waals surface area contributed by atoms with Gasteiger partial charge in [0.25, 0.3) is 0 Å². The van der Waals surface area contributed by atoms with Crippen LogP contribution in [0.3, 0.4) is 0 Å². The zero-order chi connectivity index (χ0) is 13.9. The number of carbonyl (C=O) groups is 1. The highest BCUT2D eigenvalue weighted by Crippen LogP contribution is 2.05. The third-order valence-electron chi connectivity index (χ3n) is 2.78. The minimum absolute atomic E-state index is 0.00161. The Hall–Kier alpha value is -0.910. The molecular weight excluding hydrogens is 351 g/mol. The summed E-state index contributed by atoms with van der Waals surface area (Å²) in [6, 6.07) is 7.97. The average molecular weight is 372 g/mol.